The predicted octanol–water partition coefficient (Wildman–Crippen LogP) is 2.19. The van der Waals surface area contributed by atoms with E-state index in [4.69, 9.17) is 10.5 Å². The van der Waals surface area contributed by atoms with Gasteiger partial charge in [-0.05, 0) is 25.5 Å². The first-order chi connectivity index (χ1) is 8.50. The summed E-state index contributed by atoms with van der Waals surface area (Å²) in [5.41, 5.74) is 5.33. The zero-order chi connectivity index (χ0) is 13.3. The van der Waals surface area contributed by atoms with Crippen LogP contribution in [0.2, 0.25) is 0 Å². The van der Waals surface area contributed by atoms with Crippen molar-refractivity contribution in [2.45, 2.75) is 25.5 Å². The van der Waals surface area contributed by atoms with Gasteiger partial charge < -0.3 is 15.8 Å². The van der Waals surface area contributed by atoms with Gasteiger partial charge in [0, 0.05) is 12.2 Å². The fourth-order valence-corrected chi connectivity index (χ4v) is 2.13. The highest BCUT2D eigenvalue weighted by Crippen LogP contribution is 2.24. The molecule has 3 N–H and O–H groups in total. The van der Waals surface area contributed by atoms with Gasteiger partial charge in [0.1, 0.15) is 4.99 Å². The molecule has 2 unspecified atom stereocenters. The Morgan fingerprint density at radius 3 is 2.72 bits per heavy atom. The molecule has 2 atom stereocenters. The third-order valence-electron chi connectivity index (χ3n) is 3.06. The number of benzene rings is 1. The summed E-state index contributed by atoms with van der Waals surface area (Å²) in [4.78, 5) is -0.157. The molecule has 1 aliphatic heterocycles. The van der Waals surface area contributed by atoms with Crippen LogP contribution in [-0.4, -0.2) is 23.7 Å². The van der Waals surface area contributed by atoms with E-state index in [1.54, 1.807) is 0 Å². The molecule has 0 aliphatic carbocycles. The van der Waals surface area contributed by atoms with Crippen LogP contribution in [0.4, 0.5) is 14.5 Å². The van der Waals surface area contributed by atoms with Crippen molar-refractivity contribution in [3.63, 3.8) is 0 Å². The topological polar surface area (TPSA) is 47.3 Å². The summed E-state index contributed by atoms with van der Waals surface area (Å²) in [6.45, 7) is 2.51. The molecule has 0 saturated carbocycles. The van der Waals surface area contributed by atoms with E-state index in [1.165, 1.54) is 12.1 Å². The molecule has 18 heavy (non-hydrogen) atoms. The molecular formula is C12H14F2N2OS. The Morgan fingerprint density at radius 1 is 1.44 bits per heavy atom. The number of anilines is 1. The smallest absolute Gasteiger partial charge is 0.182 e. The van der Waals surface area contributed by atoms with Gasteiger partial charge in [-0.1, -0.05) is 12.2 Å². The van der Waals surface area contributed by atoms with Gasteiger partial charge in [-0.3, -0.25) is 0 Å². The molecule has 1 aromatic rings. The Hall–Kier alpha value is -1.27. The summed E-state index contributed by atoms with van der Waals surface area (Å²) in [7, 11) is 0. The Bertz CT molecular complexity index is 481. The predicted molar refractivity (Wildman–Crippen MR) is 69.7 cm³/mol. The number of ether oxygens (including phenoxy) is 1. The molecule has 0 spiro atoms. The van der Waals surface area contributed by atoms with Gasteiger partial charge in [0.05, 0.1) is 17.8 Å². The molecule has 0 amide bonds. The fourth-order valence-electron chi connectivity index (χ4n) is 1.97. The minimum Gasteiger partial charge on any atom is -0.389 e. The quantitative estimate of drug-likeness (QED) is 0.828. The number of hydrogen-bond donors (Lipinski definition) is 2. The van der Waals surface area contributed by atoms with Crippen molar-refractivity contribution in [3.8, 4) is 0 Å². The van der Waals surface area contributed by atoms with Crippen molar-refractivity contribution >= 4 is 22.9 Å². The first-order valence-corrected chi connectivity index (χ1v) is 6.07. The van der Waals surface area contributed by atoms with Crippen LogP contribution in [0, 0.1) is 11.6 Å². The first-order valence-electron chi connectivity index (χ1n) is 5.66. The van der Waals surface area contributed by atoms with Crippen LogP contribution < -0.4 is 11.1 Å². The van der Waals surface area contributed by atoms with Gasteiger partial charge in [0.25, 0.3) is 0 Å². The lowest BCUT2D eigenvalue weighted by molar-refractivity contribution is 0.121. The van der Waals surface area contributed by atoms with E-state index in [2.05, 4.69) is 17.5 Å². The molecule has 1 aliphatic rings. The lowest BCUT2D eigenvalue weighted by atomic mass is 10.1. The number of hydrogen-bond acceptors (Lipinski definition) is 3. The van der Waals surface area contributed by atoms with Crippen molar-refractivity contribution < 1.29 is 13.5 Å². The van der Waals surface area contributed by atoms with Gasteiger partial charge in [-0.25, -0.2) is 8.78 Å². The van der Waals surface area contributed by atoms with E-state index in [0.717, 1.165) is 6.42 Å². The number of thiocarbonyl (C=S) groups is 1. The maximum absolute atomic E-state index is 13.8. The summed E-state index contributed by atoms with van der Waals surface area (Å²) >= 11 is 4.65. The minimum atomic E-state index is -1.01. The fraction of sp³-hybridized carbons (Fsp3) is 0.417. The number of halogens is 2. The van der Waals surface area contributed by atoms with Gasteiger partial charge in [0.2, 0.25) is 0 Å². The van der Waals surface area contributed by atoms with Gasteiger partial charge in [-0.15, -0.1) is 0 Å². The van der Waals surface area contributed by atoms with Crippen LogP contribution in [0.3, 0.4) is 0 Å². The van der Waals surface area contributed by atoms with E-state index in [9.17, 15) is 8.78 Å². The van der Waals surface area contributed by atoms with Crippen LogP contribution in [-0.2, 0) is 4.74 Å². The van der Waals surface area contributed by atoms with E-state index in [0.29, 0.717) is 6.61 Å². The lowest BCUT2D eigenvalue weighted by Crippen LogP contribution is -2.27. The molecular weight excluding hydrogens is 258 g/mol. The van der Waals surface area contributed by atoms with E-state index < -0.39 is 11.6 Å². The Morgan fingerprint density at radius 2 is 2.17 bits per heavy atom. The van der Waals surface area contributed by atoms with Crippen LogP contribution >= 0.6 is 12.2 Å². The van der Waals surface area contributed by atoms with E-state index >= 15 is 0 Å². The molecule has 98 valence electrons. The average molecular weight is 272 g/mol. The van der Waals surface area contributed by atoms with Gasteiger partial charge in [0.15, 0.2) is 11.6 Å². The molecule has 0 aromatic heterocycles. The molecule has 1 fully saturated rings. The highest BCUT2D eigenvalue weighted by Gasteiger charge is 2.25. The van der Waals surface area contributed by atoms with Crippen molar-refractivity contribution in [1.82, 2.24) is 0 Å². The maximum atomic E-state index is 13.8. The normalized spacial score (nSPS) is 23.1. The third-order valence-corrected chi connectivity index (χ3v) is 3.28. The number of nitrogens with one attached hydrogen (secondary N) is 1. The number of rotatable bonds is 3. The number of nitrogens with two attached hydrogens (primary N) is 1. The summed E-state index contributed by atoms with van der Waals surface area (Å²) in [6, 6.07) is 2.80. The highest BCUT2D eigenvalue weighted by atomic mass is 32.1. The molecule has 2 rings (SSSR count). The lowest BCUT2D eigenvalue weighted by Gasteiger charge is -2.18. The summed E-state index contributed by atoms with van der Waals surface area (Å²) in [6.07, 6.45) is 0.738. The Balaban J connectivity index is 2.24. The van der Waals surface area contributed by atoms with Crippen molar-refractivity contribution in [2.24, 2.45) is 5.73 Å². The zero-order valence-corrected chi connectivity index (χ0v) is 10.7. The largest absolute Gasteiger partial charge is 0.389 e. The highest BCUT2D eigenvalue weighted by molar-refractivity contribution is 7.80. The van der Waals surface area contributed by atoms with Crippen LogP contribution in [0.5, 0.6) is 0 Å². The summed E-state index contributed by atoms with van der Waals surface area (Å²) in [5, 5.41) is 2.94. The minimum absolute atomic E-state index is 0.0189. The zero-order valence-electron chi connectivity index (χ0n) is 9.87. The molecule has 0 radical (unpaired) electrons. The molecule has 3 nitrogen and oxygen atoms in total. The van der Waals surface area contributed by atoms with Crippen LogP contribution in [0.25, 0.3) is 0 Å². The molecule has 1 aromatic carbocycles. The maximum Gasteiger partial charge on any atom is 0.182 e. The third kappa shape index (κ3) is 2.44. The second-order valence-corrected chi connectivity index (χ2v) is 4.71. The summed E-state index contributed by atoms with van der Waals surface area (Å²) < 4.78 is 32.8. The van der Waals surface area contributed by atoms with E-state index in [1.807, 2.05) is 6.92 Å². The van der Waals surface area contributed by atoms with Crippen LogP contribution in [0.15, 0.2) is 12.1 Å². The SMILES string of the molecule is CC1OCCC1Nc1ccc(C(N)=S)c(F)c1F. The Labute approximate surface area is 109 Å². The molecule has 1 heterocycles. The van der Waals surface area contributed by atoms with Crippen LogP contribution in [0.1, 0.15) is 18.9 Å². The summed E-state index contributed by atoms with van der Waals surface area (Å²) in [5.74, 6) is -1.97. The second kappa shape index (κ2) is 5.16. The monoisotopic (exact) mass is 272 g/mol. The molecule has 0 bridgehead atoms. The van der Waals surface area contributed by atoms with Gasteiger partial charge in [-0.2, -0.15) is 0 Å². The van der Waals surface area contributed by atoms with Crippen molar-refractivity contribution in [3.05, 3.63) is 29.3 Å². The van der Waals surface area contributed by atoms with Crippen molar-refractivity contribution in [1.29, 1.82) is 0 Å². The van der Waals surface area contributed by atoms with Crippen molar-refractivity contribution in [2.75, 3.05) is 11.9 Å². The molecule has 1 saturated heterocycles. The first kappa shape index (κ1) is 13.2. The molecule has 6 heteroatoms. The standard InChI is InChI=1S/C12H14F2N2OS/c1-6-8(4-5-17-6)16-9-3-2-7(12(15)18)10(13)11(9)14/h2-3,6,8,16H,4-5H2,1H3,(H2,15,18). The second-order valence-electron chi connectivity index (χ2n) is 4.27. The van der Waals surface area contributed by atoms with E-state index in [-0.39, 0.29) is 28.4 Å². The Kier molecular flexibility index (Phi) is 3.77. The van der Waals surface area contributed by atoms with Gasteiger partial charge >= 0.3 is 0 Å². The average Bonchev–Trinajstić information content (AvgIpc) is 2.70.